The van der Waals surface area contributed by atoms with E-state index in [1.165, 1.54) is 0 Å². The van der Waals surface area contributed by atoms with Crippen molar-refractivity contribution < 1.29 is 13.2 Å². The molecule has 15 heavy (non-hydrogen) atoms. The van der Waals surface area contributed by atoms with Crippen LogP contribution in [-0.4, -0.2) is 5.33 Å². The second-order valence-electron chi connectivity index (χ2n) is 3.11. The molecule has 82 valence electrons. The van der Waals surface area contributed by atoms with Gasteiger partial charge in [-0.05, 0) is 25.0 Å². The van der Waals surface area contributed by atoms with E-state index in [9.17, 15) is 13.2 Å². The van der Waals surface area contributed by atoms with Gasteiger partial charge in [0, 0.05) is 17.0 Å². The highest BCUT2D eigenvalue weighted by molar-refractivity contribution is 9.09. The SMILES string of the molecule is C/C(=C/CCBr)c1cc(F)cc(F)c1F. The Balaban J connectivity index is 3.13. The summed E-state index contributed by atoms with van der Waals surface area (Å²) in [5, 5.41) is 0.726. The van der Waals surface area contributed by atoms with E-state index in [0.717, 1.165) is 11.4 Å². The Morgan fingerprint density at radius 1 is 1.33 bits per heavy atom. The predicted octanol–water partition coefficient (Wildman–Crippen LogP) is 4.29. The number of allylic oxidation sites excluding steroid dienone is 2. The van der Waals surface area contributed by atoms with Crippen molar-refractivity contribution in [1.29, 1.82) is 0 Å². The number of benzene rings is 1. The molecular weight excluding hydrogens is 269 g/mol. The molecule has 1 aromatic carbocycles. The van der Waals surface area contributed by atoms with Crippen LogP contribution in [-0.2, 0) is 0 Å². The van der Waals surface area contributed by atoms with Gasteiger partial charge in [0.2, 0.25) is 0 Å². The average Bonchev–Trinajstić information content (AvgIpc) is 2.19. The third-order valence-corrected chi connectivity index (χ3v) is 2.44. The van der Waals surface area contributed by atoms with E-state index in [1.54, 1.807) is 13.0 Å². The van der Waals surface area contributed by atoms with Crippen molar-refractivity contribution in [3.63, 3.8) is 0 Å². The van der Waals surface area contributed by atoms with E-state index >= 15 is 0 Å². The lowest BCUT2D eigenvalue weighted by atomic mass is 10.1. The summed E-state index contributed by atoms with van der Waals surface area (Å²) in [4.78, 5) is 0. The minimum Gasteiger partial charge on any atom is -0.207 e. The smallest absolute Gasteiger partial charge is 0.166 e. The van der Waals surface area contributed by atoms with E-state index in [4.69, 9.17) is 0 Å². The summed E-state index contributed by atoms with van der Waals surface area (Å²) in [6.45, 7) is 1.62. The standard InChI is InChI=1S/C11H10BrF3/c1-7(3-2-4-12)9-5-8(13)6-10(14)11(9)15/h3,5-6H,2,4H2,1H3/b7-3-. The van der Waals surface area contributed by atoms with Gasteiger partial charge in [0.05, 0.1) is 0 Å². The minimum atomic E-state index is -1.16. The molecule has 0 radical (unpaired) electrons. The highest BCUT2D eigenvalue weighted by atomic mass is 79.9. The number of hydrogen-bond donors (Lipinski definition) is 0. The molecule has 1 rings (SSSR count). The lowest BCUT2D eigenvalue weighted by Gasteiger charge is -2.04. The summed E-state index contributed by atoms with van der Waals surface area (Å²) >= 11 is 3.21. The van der Waals surface area contributed by atoms with Gasteiger partial charge >= 0.3 is 0 Å². The molecule has 0 aliphatic carbocycles. The van der Waals surface area contributed by atoms with Crippen molar-refractivity contribution in [1.82, 2.24) is 0 Å². The molecule has 0 amide bonds. The van der Waals surface area contributed by atoms with Crippen LogP contribution in [0.1, 0.15) is 18.9 Å². The van der Waals surface area contributed by atoms with E-state index < -0.39 is 17.5 Å². The summed E-state index contributed by atoms with van der Waals surface area (Å²) in [6.07, 6.45) is 2.41. The van der Waals surface area contributed by atoms with Crippen molar-refractivity contribution in [3.05, 3.63) is 41.2 Å². The van der Waals surface area contributed by atoms with Crippen molar-refractivity contribution >= 4 is 21.5 Å². The second kappa shape index (κ2) is 5.35. The first kappa shape index (κ1) is 12.3. The van der Waals surface area contributed by atoms with Crippen LogP contribution < -0.4 is 0 Å². The predicted molar refractivity (Wildman–Crippen MR) is 58.4 cm³/mol. The lowest BCUT2D eigenvalue weighted by Crippen LogP contribution is -1.94. The molecule has 0 N–H and O–H groups in total. The van der Waals surface area contributed by atoms with Crippen molar-refractivity contribution in [2.45, 2.75) is 13.3 Å². The van der Waals surface area contributed by atoms with E-state index in [1.807, 2.05) is 0 Å². The van der Waals surface area contributed by atoms with Gasteiger partial charge in [-0.1, -0.05) is 22.0 Å². The fourth-order valence-electron chi connectivity index (χ4n) is 1.22. The van der Waals surface area contributed by atoms with Gasteiger partial charge in [0.1, 0.15) is 5.82 Å². The summed E-state index contributed by atoms with van der Waals surface area (Å²) in [5.41, 5.74) is 0.513. The molecule has 0 bridgehead atoms. The van der Waals surface area contributed by atoms with Crippen LogP contribution in [0.3, 0.4) is 0 Å². The largest absolute Gasteiger partial charge is 0.207 e. The highest BCUT2D eigenvalue weighted by Gasteiger charge is 2.11. The lowest BCUT2D eigenvalue weighted by molar-refractivity contribution is 0.492. The third kappa shape index (κ3) is 3.09. The zero-order valence-electron chi connectivity index (χ0n) is 8.16. The quantitative estimate of drug-likeness (QED) is 0.572. The zero-order chi connectivity index (χ0) is 11.4. The second-order valence-corrected chi connectivity index (χ2v) is 3.91. The fourth-order valence-corrected chi connectivity index (χ4v) is 1.45. The van der Waals surface area contributed by atoms with Crippen LogP contribution in [0.4, 0.5) is 13.2 Å². The average molecular weight is 279 g/mol. The fraction of sp³-hybridized carbons (Fsp3) is 0.273. The molecule has 4 heteroatoms. The summed E-state index contributed by atoms with van der Waals surface area (Å²) in [6, 6.07) is 1.54. The Labute approximate surface area is 94.9 Å². The monoisotopic (exact) mass is 278 g/mol. The number of hydrogen-bond acceptors (Lipinski definition) is 0. The first-order chi connectivity index (χ1) is 7.06. The van der Waals surface area contributed by atoms with Gasteiger partial charge in [-0.3, -0.25) is 0 Å². The Morgan fingerprint density at radius 2 is 2.00 bits per heavy atom. The summed E-state index contributed by atoms with van der Waals surface area (Å²) < 4.78 is 39.0. The molecule has 1 aromatic rings. The van der Waals surface area contributed by atoms with Crippen LogP contribution in [0.25, 0.3) is 5.57 Å². The first-order valence-electron chi connectivity index (χ1n) is 4.44. The normalized spacial score (nSPS) is 11.9. The van der Waals surface area contributed by atoms with Gasteiger partial charge in [0.15, 0.2) is 11.6 Å². The Kier molecular flexibility index (Phi) is 4.39. The molecule has 0 heterocycles. The van der Waals surface area contributed by atoms with Crippen LogP contribution in [0, 0.1) is 17.5 Å². The highest BCUT2D eigenvalue weighted by Crippen LogP contribution is 2.22. The van der Waals surface area contributed by atoms with E-state index in [-0.39, 0.29) is 5.56 Å². The maximum atomic E-state index is 13.3. The van der Waals surface area contributed by atoms with Crippen molar-refractivity contribution in [2.24, 2.45) is 0 Å². The molecule has 0 spiro atoms. The maximum absolute atomic E-state index is 13.3. The Morgan fingerprint density at radius 3 is 2.60 bits per heavy atom. The number of rotatable bonds is 3. The minimum absolute atomic E-state index is 0.0200. The maximum Gasteiger partial charge on any atom is 0.166 e. The summed E-state index contributed by atoms with van der Waals surface area (Å²) in [5.74, 6) is -2.92. The van der Waals surface area contributed by atoms with E-state index in [2.05, 4.69) is 15.9 Å². The molecule has 0 fully saturated rings. The molecule has 0 atom stereocenters. The van der Waals surface area contributed by atoms with E-state index in [0.29, 0.717) is 18.1 Å². The molecule has 0 unspecified atom stereocenters. The van der Waals surface area contributed by atoms with Gasteiger partial charge in [-0.15, -0.1) is 0 Å². The van der Waals surface area contributed by atoms with Crippen molar-refractivity contribution in [2.75, 3.05) is 5.33 Å². The van der Waals surface area contributed by atoms with Gasteiger partial charge < -0.3 is 0 Å². The third-order valence-electron chi connectivity index (χ3n) is 1.98. The molecule has 0 aliphatic heterocycles. The van der Waals surface area contributed by atoms with Crippen LogP contribution in [0.5, 0.6) is 0 Å². The topological polar surface area (TPSA) is 0 Å². The van der Waals surface area contributed by atoms with Gasteiger partial charge in [0.25, 0.3) is 0 Å². The molecule has 0 saturated carbocycles. The van der Waals surface area contributed by atoms with Crippen LogP contribution in [0.15, 0.2) is 18.2 Å². The number of alkyl halides is 1. The Bertz CT molecular complexity index is 386. The molecular formula is C11H10BrF3. The summed E-state index contributed by atoms with van der Waals surface area (Å²) in [7, 11) is 0. The van der Waals surface area contributed by atoms with Gasteiger partial charge in [-0.25, -0.2) is 13.2 Å². The zero-order valence-corrected chi connectivity index (χ0v) is 9.74. The molecule has 0 nitrogen and oxygen atoms in total. The van der Waals surface area contributed by atoms with Crippen LogP contribution in [0.2, 0.25) is 0 Å². The Hall–Kier alpha value is -0.770. The molecule has 0 aromatic heterocycles. The number of halogens is 4. The first-order valence-corrected chi connectivity index (χ1v) is 5.56. The van der Waals surface area contributed by atoms with Crippen LogP contribution >= 0.6 is 15.9 Å². The van der Waals surface area contributed by atoms with Crippen molar-refractivity contribution in [3.8, 4) is 0 Å². The molecule has 0 aliphatic rings. The van der Waals surface area contributed by atoms with Gasteiger partial charge in [-0.2, -0.15) is 0 Å². The molecule has 0 saturated heterocycles.